The van der Waals surface area contributed by atoms with Gasteiger partial charge in [0.25, 0.3) is 11.7 Å². The maximum absolute atomic E-state index is 11.8. The predicted octanol–water partition coefficient (Wildman–Crippen LogP) is 0.619. The standard InChI is InChI=1S/C13H9ClN2O3/c1-2-5-15-11(17)7-16-10-6-8(14)3-4-9(10)12(18)13(16)19/h1,3-4,6H,5,7H2,(H,15,17). The summed E-state index contributed by atoms with van der Waals surface area (Å²) < 4.78 is 0. The van der Waals surface area contributed by atoms with Crippen LogP contribution in [0.25, 0.3) is 0 Å². The van der Waals surface area contributed by atoms with Crippen LogP contribution in [-0.2, 0) is 9.59 Å². The van der Waals surface area contributed by atoms with Gasteiger partial charge in [0.1, 0.15) is 6.54 Å². The monoisotopic (exact) mass is 276 g/mol. The van der Waals surface area contributed by atoms with Crippen LogP contribution in [0.15, 0.2) is 18.2 Å². The van der Waals surface area contributed by atoms with E-state index >= 15 is 0 Å². The van der Waals surface area contributed by atoms with E-state index in [0.29, 0.717) is 10.7 Å². The summed E-state index contributed by atoms with van der Waals surface area (Å²) in [4.78, 5) is 36.2. The topological polar surface area (TPSA) is 66.5 Å². The minimum atomic E-state index is -0.742. The number of fused-ring (bicyclic) bond motifs is 1. The molecular formula is C13H9ClN2O3. The largest absolute Gasteiger partial charge is 0.344 e. The molecule has 0 saturated carbocycles. The number of hydrogen-bond acceptors (Lipinski definition) is 3. The molecule has 0 spiro atoms. The van der Waals surface area contributed by atoms with Crippen molar-refractivity contribution in [1.29, 1.82) is 0 Å². The molecule has 0 radical (unpaired) electrons. The Hall–Kier alpha value is -2.32. The Labute approximate surface area is 114 Å². The number of anilines is 1. The van der Waals surface area contributed by atoms with Gasteiger partial charge in [0.2, 0.25) is 5.91 Å². The molecule has 1 N–H and O–H groups in total. The van der Waals surface area contributed by atoms with Gasteiger partial charge in [0.15, 0.2) is 0 Å². The molecule has 0 bridgehead atoms. The summed E-state index contributed by atoms with van der Waals surface area (Å²) in [6.07, 6.45) is 5.01. The van der Waals surface area contributed by atoms with Gasteiger partial charge in [-0.2, -0.15) is 0 Å². The van der Waals surface area contributed by atoms with Crippen LogP contribution in [0.5, 0.6) is 0 Å². The maximum Gasteiger partial charge on any atom is 0.299 e. The van der Waals surface area contributed by atoms with Gasteiger partial charge >= 0.3 is 0 Å². The zero-order valence-corrected chi connectivity index (χ0v) is 10.5. The van der Waals surface area contributed by atoms with Gasteiger partial charge in [0.05, 0.1) is 17.8 Å². The average Bonchev–Trinajstić information content (AvgIpc) is 2.61. The third kappa shape index (κ3) is 2.44. The Balaban J connectivity index is 2.26. The second-order valence-corrected chi connectivity index (χ2v) is 4.30. The van der Waals surface area contributed by atoms with Crippen molar-refractivity contribution < 1.29 is 14.4 Å². The van der Waals surface area contributed by atoms with Crippen LogP contribution < -0.4 is 10.2 Å². The van der Waals surface area contributed by atoms with Gasteiger partial charge in [-0.05, 0) is 18.2 Å². The lowest BCUT2D eigenvalue weighted by Crippen LogP contribution is -2.40. The van der Waals surface area contributed by atoms with Crippen molar-refractivity contribution in [2.75, 3.05) is 18.0 Å². The Morgan fingerprint density at radius 2 is 2.16 bits per heavy atom. The second-order valence-electron chi connectivity index (χ2n) is 3.86. The Morgan fingerprint density at radius 1 is 1.42 bits per heavy atom. The van der Waals surface area contributed by atoms with Crippen molar-refractivity contribution in [1.82, 2.24) is 5.32 Å². The number of hydrogen-bond donors (Lipinski definition) is 1. The van der Waals surface area contributed by atoms with Crippen molar-refractivity contribution >= 4 is 34.9 Å². The van der Waals surface area contributed by atoms with E-state index in [9.17, 15) is 14.4 Å². The van der Waals surface area contributed by atoms with Crippen LogP contribution in [0.3, 0.4) is 0 Å². The predicted molar refractivity (Wildman–Crippen MR) is 70.0 cm³/mol. The van der Waals surface area contributed by atoms with Crippen LogP contribution >= 0.6 is 11.6 Å². The lowest BCUT2D eigenvalue weighted by atomic mass is 10.1. The summed E-state index contributed by atoms with van der Waals surface area (Å²) in [6, 6.07) is 4.47. The molecule has 96 valence electrons. The molecule has 1 heterocycles. The third-order valence-corrected chi connectivity index (χ3v) is 2.86. The number of rotatable bonds is 3. The molecule has 2 rings (SSSR count). The fourth-order valence-electron chi connectivity index (χ4n) is 1.77. The first-order chi connectivity index (χ1) is 9.04. The fourth-order valence-corrected chi connectivity index (χ4v) is 1.94. The van der Waals surface area contributed by atoms with Crippen molar-refractivity contribution in [3.05, 3.63) is 28.8 Å². The van der Waals surface area contributed by atoms with E-state index in [2.05, 4.69) is 11.2 Å². The van der Waals surface area contributed by atoms with Gasteiger partial charge in [-0.3, -0.25) is 19.3 Å². The molecule has 0 unspecified atom stereocenters. The molecule has 0 saturated heterocycles. The number of amides is 2. The quantitative estimate of drug-likeness (QED) is 0.650. The number of halogens is 1. The van der Waals surface area contributed by atoms with Crippen LogP contribution in [0.1, 0.15) is 10.4 Å². The van der Waals surface area contributed by atoms with Crippen molar-refractivity contribution in [2.24, 2.45) is 0 Å². The number of carbonyl (C=O) groups is 3. The van der Waals surface area contributed by atoms with Crippen molar-refractivity contribution in [3.8, 4) is 12.3 Å². The minimum Gasteiger partial charge on any atom is -0.344 e. The number of benzene rings is 1. The highest BCUT2D eigenvalue weighted by Crippen LogP contribution is 2.31. The van der Waals surface area contributed by atoms with Crippen molar-refractivity contribution in [2.45, 2.75) is 0 Å². The molecule has 5 nitrogen and oxygen atoms in total. The first-order valence-corrected chi connectivity index (χ1v) is 5.78. The molecule has 19 heavy (non-hydrogen) atoms. The summed E-state index contributed by atoms with van der Waals surface area (Å²) in [7, 11) is 0. The number of terminal acetylenes is 1. The first kappa shape index (κ1) is 13.1. The molecule has 6 heteroatoms. The van der Waals surface area contributed by atoms with Crippen LogP contribution in [-0.4, -0.2) is 30.7 Å². The SMILES string of the molecule is C#CCNC(=O)CN1C(=O)C(=O)c2ccc(Cl)cc21. The lowest BCUT2D eigenvalue weighted by molar-refractivity contribution is -0.121. The van der Waals surface area contributed by atoms with Crippen LogP contribution in [0.4, 0.5) is 5.69 Å². The summed E-state index contributed by atoms with van der Waals surface area (Å²) in [5.41, 5.74) is 0.595. The van der Waals surface area contributed by atoms with Gasteiger partial charge in [-0.15, -0.1) is 6.42 Å². The number of Topliss-reactive ketones (excluding diaryl/α,β-unsaturated/α-hetero) is 1. The number of nitrogens with zero attached hydrogens (tertiary/aromatic N) is 1. The molecule has 1 aliphatic rings. The fraction of sp³-hybridized carbons (Fsp3) is 0.154. The van der Waals surface area contributed by atoms with E-state index < -0.39 is 17.6 Å². The lowest BCUT2D eigenvalue weighted by Gasteiger charge is -2.15. The van der Waals surface area contributed by atoms with E-state index in [1.165, 1.54) is 18.2 Å². The van der Waals surface area contributed by atoms with Gasteiger partial charge in [-0.25, -0.2) is 0 Å². The Kier molecular flexibility index (Phi) is 3.54. The summed E-state index contributed by atoms with van der Waals surface area (Å²) in [5, 5.41) is 2.81. The summed E-state index contributed by atoms with van der Waals surface area (Å²) in [5.74, 6) is 0.426. The van der Waals surface area contributed by atoms with Gasteiger partial charge < -0.3 is 5.32 Å². The molecule has 1 aromatic rings. The van der Waals surface area contributed by atoms with E-state index in [1.54, 1.807) is 0 Å². The molecular weight excluding hydrogens is 268 g/mol. The molecule has 0 aliphatic carbocycles. The Morgan fingerprint density at radius 3 is 2.84 bits per heavy atom. The highest BCUT2D eigenvalue weighted by Gasteiger charge is 2.36. The summed E-state index contributed by atoms with van der Waals surface area (Å²) in [6.45, 7) is -0.198. The molecule has 0 atom stereocenters. The zero-order valence-electron chi connectivity index (χ0n) is 9.77. The Bertz CT molecular complexity index is 619. The third-order valence-electron chi connectivity index (χ3n) is 2.62. The first-order valence-electron chi connectivity index (χ1n) is 5.40. The van der Waals surface area contributed by atoms with E-state index in [4.69, 9.17) is 18.0 Å². The van der Waals surface area contributed by atoms with Crippen molar-refractivity contribution in [3.63, 3.8) is 0 Å². The summed E-state index contributed by atoms with van der Waals surface area (Å²) >= 11 is 5.83. The molecule has 0 fully saturated rings. The smallest absolute Gasteiger partial charge is 0.299 e. The molecule has 0 aromatic heterocycles. The number of carbonyl (C=O) groups excluding carboxylic acids is 3. The normalized spacial score (nSPS) is 13.2. The number of nitrogens with one attached hydrogen (secondary N) is 1. The van der Waals surface area contributed by atoms with E-state index in [-0.39, 0.29) is 18.7 Å². The molecule has 1 aromatic carbocycles. The van der Waals surface area contributed by atoms with Crippen LogP contribution in [0.2, 0.25) is 5.02 Å². The van der Waals surface area contributed by atoms with E-state index in [1.807, 2.05) is 0 Å². The minimum absolute atomic E-state index is 0.0667. The molecule has 2 amide bonds. The zero-order chi connectivity index (χ0) is 14.0. The second kappa shape index (κ2) is 5.12. The highest BCUT2D eigenvalue weighted by atomic mass is 35.5. The number of ketones is 1. The van der Waals surface area contributed by atoms with E-state index in [0.717, 1.165) is 4.90 Å². The molecule has 1 aliphatic heterocycles. The maximum atomic E-state index is 11.8. The van der Waals surface area contributed by atoms with Crippen LogP contribution in [0, 0.1) is 12.3 Å². The van der Waals surface area contributed by atoms with Gasteiger partial charge in [0, 0.05) is 5.02 Å². The van der Waals surface area contributed by atoms with Gasteiger partial charge in [-0.1, -0.05) is 17.5 Å². The average molecular weight is 277 g/mol. The highest BCUT2D eigenvalue weighted by molar-refractivity contribution is 6.53.